The molecule has 0 spiro atoms. The fraction of sp³-hybridized carbons (Fsp3) is 0.579. The zero-order valence-corrected chi connectivity index (χ0v) is 15.3. The molecule has 1 saturated heterocycles. The highest BCUT2D eigenvalue weighted by atomic mass is 16.5. The first-order valence-electron chi connectivity index (χ1n) is 8.80. The highest BCUT2D eigenvalue weighted by Gasteiger charge is 2.46. The Labute approximate surface area is 149 Å². The number of rotatable bonds is 9. The molecule has 0 aromatic heterocycles. The maximum absolute atomic E-state index is 12.5. The lowest BCUT2D eigenvalue weighted by Crippen LogP contribution is -2.55. The smallest absolute Gasteiger partial charge is 0.245 e. The molecule has 0 saturated carbocycles. The van der Waals surface area contributed by atoms with Gasteiger partial charge < -0.3 is 19.7 Å². The van der Waals surface area contributed by atoms with E-state index in [0.29, 0.717) is 45.6 Å². The summed E-state index contributed by atoms with van der Waals surface area (Å²) in [5.41, 5.74) is 0.334. The molecular weight excluding hydrogens is 320 g/mol. The van der Waals surface area contributed by atoms with Gasteiger partial charge in [0, 0.05) is 26.6 Å². The van der Waals surface area contributed by atoms with Crippen molar-refractivity contribution >= 4 is 11.8 Å². The molecule has 1 fully saturated rings. The molecule has 1 N–H and O–H groups in total. The topological polar surface area (TPSA) is 67.9 Å². The second-order valence-electron chi connectivity index (χ2n) is 6.39. The van der Waals surface area contributed by atoms with Crippen LogP contribution in [0.5, 0.6) is 5.75 Å². The van der Waals surface area contributed by atoms with Crippen LogP contribution in [-0.4, -0.2) is 55.7 Å². The molecule has 0 radical (unpaired) electrons. The molecule has 1 aromatic carbocycles. The minimum atomic E-state index is -0.782. The van der Waals surface area contributed by atoms with Gasteiger partial charge in [0.2, 0.25) is 11.8 Å². The van der Waals surface area contributed by atoms with Gasteiger partial charge in [-0.25, -0.2) is 0 Å². The summed E-state index contributed by atoms with van der Waals surface area (Å²) in [5.74, 6) is 0.767. The number of methoxy groups -OCH3 is 1. The van der Waals surface area contributed by atoms with Crippen molar-refractivity contribution in [1.29, 1.82) is 0 Å². The van der Waals surface area contributed by atoms with Crippen LogP contribution in [0.2, 0.25) is 0 Å². The molecule has 1 aromatic rings. The van der Waals surface area contributed by atoms with Crippen LogP contribution in [0.15, 0.2) is 24.3 Å². The number of hydrogen-bond donors (Lipinski definition) is 1. The van der Waals surface area contributed by atoms with Gasteiger partial charge in [-0.2, -0.15) is 0 Å². The fourth-order valence-electron chi connectivity index (χ4n) is 3.12. The number of carbonyl (C=O) groups is 2. The molecule has 1 atom stereocenters. The number of ether oxygens (including phenoxy) is 2. The van der Waals surface area contributed by atoms with Gasteiger partial charge in [-0.3, -0.25) is 9.59 Å². The molecular formula is C19H28N2O4. The summed E-state index contributed by atoms with van der Waals surface area (Å²) in [6.07, 6.45) is 1.67. The van der Waals surface area contributed by atoms with Crippen molar-refractivity contribution in [3.63, 3.8) is 0 Å². The van der Waals surface area contributed by atoms with Gasteiger partial charge in [0.1, 0.15) is 11.3 Å². The fourth-order valence-corrected chi connectivity index (χ4v) is 3.12. The summed E-state index contributed by atoms with van der Waals surface area (Å²) >= 11 is 0. The second kappa shape index (κ2) is 8.85. The Hall–Kier alpha value is -2.08. The molecule has 0 bridgehead atoms. The van der Waals surface area contributed by atoms with E-state index in [0.717, 1.165) is 11.3 Å². The Balaban J connectivity index is 1.97. The Morgan fingerprint density at radius 2 is 2.04 bits per heavy atom. The number of amides is 2. The summed E-state index contributed by atoms with van der Waals surface area (Å²) in [7, 11) is 1.59. The van der Waals surface area contributed by atoms with E-state index in [1.165, 1.54) is 0 Å². The molecule has 2 rings (SSSR count). The maximum atomic E-state index is 12.5. The summed E-state index contributed by atoms with van der Waals surface area (Å²) in [4.78, 5) is 26.5. The van der Waals surface area contributed by atoms with Crippen LogP contribution in [0.1, 0.15) is 32.3 Å². The van der Waals surface area contributed by atoms with E-state index in [9.17, 15) is 9.59 Å². The summed E-state index contributed by atoms with van der Waals surface area (Å²) < 4.78 is 10.4. The molecule has 2 amide bonds. The molecule has 1 heterocycles. The minimum absolute atomic E-state index is 0.0373. The number of likely N-dealkylation sites (tertiary alicyclic amines) is 1. The average Bonchev–Trinajstić information content (AvgIpc) is 2.90. The van der Waals surface area contributed by atoms with Crippen molar-refractivity contribution in [3.05, 3.63) is 29.8 Å². The predicted molar refractivity (Wildman–Crippen MR) is 95.6 cm³/mol. The Morgan fingerprint density at radius 3 is 2.68 bits per heavy atom. The van der Waals surface area contributed by atoms with Crippen LogP contribution >= 0.6 is 0 Å². The number of nitrogens with zero attached hydrogens (tertiary/aromatic N) is 1. The van der Waals surface area contributed by atoms with Crippen molar-refractivity contribution in [3.8, 4) is 5.75 Å². The first-order chi connectivity index (χ1) is 12.0. The first-order valence-corrected chi connectivity index (χ1v) is 8.80. The Bertz CT molecular complexity index is 588. The van der Waals surface area contributed by atoms with Crippen LogP contribution in [0.25, 0.3) is 0 Å². The standard InChI is InChI=1S/C19H28N2O4/c1-4-25-16-7-5-15(6-8-16)10-13-21-17(22)9-11-19(21,2)18(23)20-12-14-24-3/h5-8H,4,9-14H2,1-3H3,(H,20,23)/t19-/m0/s1. The van der Waals surface area contributed by atoms with Gasteiger partial charge in [-0.15, -0.1) is 0 Å². The van der Waals surface area contributed by atoms with Gasteiger partial charge in [0.25, 0.3) is 0 Å². The van der Waals surface area contributed by atoms with Crippen molar-refractivity contribution in [1.82, 2.24) is 10.2 Å². The lowest BCUT2D eigenvalue weighted by atomic mass is 9.97. The third-order valence-electron chi connectivity index (χ3n) is 4.66. The molecule has 138 valence electrons. The molecule has 1 aliphatic rings. The normalized spacial score (nSPS) is 20.0. The van der Waals surface area contributed by atoms with E-state index in [2.05, 4.69) is 5.32 Å². The summed E-state index contributed by atoms with van der Waals surface area (Å²) in [6.45, 7) is 5.87. The molecule has 0 aliphatic carbocycles. The van der Waals surface area contributed by atoms with Gasteiger partial charge in [0.05, 0.1) is 13.2 Å². The molecule has 25 heavy (non-hydrogen) atoms. The quantitative estimate of drug-likeness (QED) is 0.691. The number of hydrogen-bond acceptors (Lipinski definition) is 4. The lowest BCUT2D eigenvalue weighted by molar-refractivity contribution is -0.140. The van der Waals surface area contributed by atoms with Crippen molar-refractivity contribution < 1.29 is 19.1 Å². The zero-order chi connectivity index (χ0) is 18.3. The molecule has 1 aliphatic heterocycles. The van der Waals surface area contributed by atoms with E-state index < -0.39 is 5.54 Å². The summed E-state index contributed by atoms with van der Waals surface area (Å²) in [6, 6.07) is 7.87. The van der Waals surface area contributed by atoms with E-state index in [1.807, 2.05) is 38.1 Å². The van der Waals surface area contributed by atoms with Crippen LogP contribution in [0, 0.1) is 0 Å². The first kappa shape index (κ1) is 19.2. The van der Waals surface area contributed by atoms with Crippen molar-refractivity contribution in [2.45, 2.75) is 38.6 Å². The van der Waals surface area contributed by atoms with Gasteiger partial charge in [-0.1, -0.05) is 12.1 Å². The van der Waals surface area contributed by atoms with Gasteiger partial charge in [-0.05, 0) is 44.4 Å². The van der Waals surface area contributed by atoms with Crippen molar-refractivity contribution in [2.24, 2.45) is 0 Å². The lowest BCUT2D eigenvalue weighted by Gasteiger charge is -2.34. The van der Waals surface area contributed by atoms with Gasteiger partial charge in [0.15, 0.2) is 0 Å². The maximum Gasteiger partial charge on any atom is 0.245 e. The monoisotopic (exact) mass is 348 g/mol. The second-order valence-corrected chi connectivity index (χ2v) is 6.39. The van der Waals surface area contributed by atoms with E-state index in [-0.39, 0.29) is 11.8 Å². The number of nitrogens with one attached hydrogen (secondary N) is 1. The SMILES string of the molecule is CCOc1ccc(CCN2C(=O)CC[C@@]2(C)C(=O)NCCOC)cc1. The van der Waals surface area contributed by atoms with E-state index >= 15 is 0 Å². The van der Waals surface area contributed by atoms with Crippen LogP contribution in [-0.2, 0) is 20.7 Å². The minimum Gasteiger partial charge on any atom is -0.494 e. The van der Waals surface area contributed by atoms with E-state index in [1.54, 1.807) is 12.0 Å². The van der Waals surface area contributed by atoms with Crippen LogP contribution in [0.3, 0.4) is 0 Å². The van der Waals surface area contributed by atoms with Crippen LogP contribution < -0.4 is 10.1 Å². The predicted octanol–water partition coefficient (Wildman–Crippen LogP) is 1.77. The number of carbonyl (C=O) groups excluding carboxylic acids is 2. The average molecular weight is 348 g/mol. The highest BCUT2D eigenvalue weighted by Crippen LogP contribution is 2.30. The highest BCUT2D eigenvalue weighted by molar-refractivity contribution is 5.94. The third kappa shape index (κ3) is 4.72. The molecule has 6 nitrogen and oxygen atoms in total. The summed E-state index contributed by atoms with van der Waals surface area (Å²) in [5, 5.41) is 2.86. The largest absolute Gasteiger partial charge is 0.494 e. The van der Waals surface area contributed by atoms with Gasteiger partial charge >= 0.3 is 0 Å². The Kier molecular flexibility index (Phi) is 6.82. The molecule has 0 unspecified atom stereocenters. The van der Waals surface area contributed by atoms with E-state index in [4.69, 9.17) is 9.47 Å². The third-order valence-corrected chi connectivity index (χ3v) is 4.66. The van der Waals surface area contributed by atoms with Crippen LogP contribution in [0.4, 0.5) is 0 Å². The number of benzene rings is 1. The Morgan fingerprint density at radius 1 is 1.32 bits per heavy atom. The van der Waals surface area contributed by atoms with Crippen molar-refractivity contribution in [2.75, 3.05) is 33.4 Å². The molecule has 6 heteroatoms. The zero-order valence-electron chi connectivity index (χ0n) is 15.3.